The second kappa shape index (κ2) is 25.9. The zero-order valence-corrected chi connectivity index (χ0v) is 31.1. The average Bonchev–Trinajstić information content (AvgIpc) is 3.02. The number of carboxylic acids is 1. The molecule has 45 heavy (non-hydrogen) atoms. The van der Waals surface area contributed by atoms with Crippen molar-refractivity contribution in [1.29, 1.82) is 0 Å². The molecular formula is C26H48N6O7S6. The summed E-state index contributed by atoms with van der Waals surface area (Å²) in [6.07, 6.45) is 8.44. The van der Waals surface area contributed by atoms with E-state index in [-0.39, 0.29) is 30.8 Å². The smallest absolute Gasteiger partial charge is 0.327 e. The number of carbonyl (C=O) groups excluding carboxylic acids is 5. The summed E-state index contributed by atoms with van der Waals surface area (Å²) in [4.78, 5) is 77.0. The Labute approximate surface area is 294 Å². The maximum Gasteiger partial charge on any atom is 0.327 e. The topological polar surface area (TPSA) is 209 Å². The van der Waals surface area contributed by atoms with Crippen molar-refractivity contribution in [3.05, 3.63) is 0 Å². The van der Waals surface area contributed by atoms with Crippen LogP contribution in [-0.2, 0) is 28.8 Å². The van der Waals surface area contributed by atoms with Crippen molar-refractivity contribution in [2.24, 2.45) is 5.73 Å². The van der Waals surface area contributed by atoms with Gasteiger partial charge >= 0.3 is 5.97 Å². The normalized spacial score (nSPS) is 15.0. The van der Waals surface area contributed by atoms with Gasteiger partial charge in [-0.15, -0.1) is 0 Å². The summed E-state index contributed by atoms with van der Waals surface area (Å²) in [5, 5.41) is 22.5. The number of nitrogens with one attached hydrogen (secondary N) is 5. The molecular weight excluding hydrogens is 701 g/mol. The van der Waals surface area contributed by atoms with Gasteiger partial charge in [-0.3, -0.25) is 24.0 Å². The lowest BCUT2D eigenvalue weighted by atomic mass is 10.1. The van der Waals surface area contributed by atoms with E-state index in [4.69, 9.17) is 5.73 Å². The van der Waals surface area contributed by atoms with E-state index in [1.54, 1.807) is 0 Å². The van der Waals surface area contributed by atoms with Crippen LogP contribution in [0.3, 0.4) is 0 Å². The van der Waals surface area contributed by atoms with Crippen LogP contribution in [0.4, 0.5) is 0 Å². The van der Waals surface area contributed by atoms with Crippen LogP contribution in [0, 0.1) is 0 Å². The third-order valence-corrected chi connectivity index (χ3v) is 9.64. The fourth-order valence-electron chi connectivity index (χ4n) is 3.65. The van der Waals surface area contributed by atoms with E-state index in [0.717, 1.165) is 0 Å². The SMILES string of the molecule is CSCC[C@H](NC(=O)[C@H](CCSC)NC(=O)[C@H](CCSC)NC(=O)[C@H](CCSC)NC(=O)[C@@H](N)CS)C(=O)N[C@@H](CS)C(=O)O. The third kappa shape index (κ3) is 18.1. The average molecular weight is 749 g/mol. The molecule has 19 heteroatoms. The maximum absolute atomic E-state index is 13.5. The molecule has 0 heterocycles. The number of aliphatic carboxylic acids is 1. The van der Waals surface area contributed by atoms with E-state index < -0.39 is 71.8 Å². The molecule has 8 N–H and O–H groups in total. The highest BCUT2D eigenvalue weighted by Crippen LogP contribution is 2.09. The molecule has 0 radical (unpaired) electrons. The largest absolute Gasteiger partial charge is 0.480 e. The van der Waals surface area contributed by atoms with Crippen molar-refractivity contribution in [2.75, 3.05) is 59.5 Å². The van der Waals surface area contributed by atoms with Crippen molar-refractivity contribution in [1.82, 2.24) is 26.6 Å². The van der Waals surface area contributed by atoms with Crippen molar-refractivity contribution in [3.8, 4) is 0 Å². The second-order valence-corrected chi connectivity index (χ2v) is 14.4. The first-order chi connectivity index (χ1) is 21.4. The van der Waals surface area contributed by atoms with Crippen molar-refractivity contribution in [3.63, 3.8) is 0 Å². The van der Waals surface area contributed by atoms with Crippen LogP contribution in [0.1, 0.15) is 25.7 Å². The van der Waals surface area contributed by atoms with Crippen LogP contribution in [0.5, 0.6) is 0 Å². The van der Waals surface area contributed by atoms with Crippen molar-refractivity contribution >= 4 is 108 Å². The Morgan fingerprint density at radius 3 is 1.02 bits per heavy atom. The van der Waals surface area contributed by atoms with E-state index in [1.807, 2.05) is 25.0 Å². The summed E-state index contributed by atoms with van der Waals surface area (Å²) < 4.78 is 0. The number of carboxylic acid groups (broad SMARTS) is 1. The second-order valence-electron chi connectivity index (χ2n) is 9.74. The predicted octanol–water partition coefficient (Wildman–Crippen LogP) is -0.306. The molecule has 0 aromatic heterocycles. The molecule has 0 aromatic carbocycles. The maximum atomic E-state index is 13.5. The van der Waals surface area contributed by atoms with Gasteiger partial charge in [-0.2, -0.15) is 72.3 Å². The highest BCUT2D eigenvalue weighted by molar-refractivity contribution is 7.99. The minimum atomic E-state index is -1.25. The van der Waals surface area contributed by atoms with Gasteiger partial charge in [0.1, 0.15) is 30.2 Å². The number of rotatable bonds is 25. The van der Waals surface area contributed by atoms with Crippen LogP contribution in [-0.4, -0.2) is 136 Å². The first-order valence-corrected chi connectivity index (χ1v) is 20.9. The summed E-state index contributed by atoms with van der Waals surface area (Å²) in [5.74, 6) is -2.14. The molecule has 13 nitrogen and oxygen atoms in total. The van der Waals surface area contributed by atoms with Crippen molar-refractivity contribution < 1.29 is 33.9 Å². The minimum Gasteiger partial charge on any atom is -0.480 e. The van der Waals surface area contributed by atoms with Crippen LogP contribution in [0.2, 0.25) is 0 Å². The molecule has 0 aromatic rings. The highest BCUT2D eigenvalue weighted by atomic mass is 32.2. The highest BCUT2D eigenvalue weighted by Gasteiger charge is 2.32. The fourth-order valence-corrected chi connectivity index (χ4v) is 5.95. The third-order valence-electron chi connectivity index (χ3n) is 6.31. The lowest BCUT2D eigenvalue weighted by Crippen LogP contribution is -2.59. The van der Waals surface area contributed by atoms with E-state index in [1.165, 1.54) is 47.0 Å². The van der Waals surface area contributed by atoms with Crippen LogP contribution in [0.15, 0.2) is 0 Å². The number of carbonyl (C=O) groups is 6. The molecule has 0 bridgehead atoms. The molecule has 0 aliphatic heterocycles. The molecule has 0 saturated carbocycles. The molecule has 260 valence electrons. The van der Waals surface area contributed by atoms with E-state index in [9.17, 15) is 33.9 Å². The Balaban J connectivity index is 5.93. The zero-order valence-electron chi connectivity index (χ0n) is 26.0. The minimum absolute atomic E-state index is 0.0933. The first kappa shape index (κ1) is 43.9. The molecule has 0 aliphatic rings. The Kier molecular flexibility index (Phi) is 25.3. The van der Waals surface area contributed by atoms with Gasteiger partial charge in [0.05, 0.1) is 6.04 Å². The van der Waals surface area contributed by atoms with Crippen LogP contribution >= 0.6 is 72.3 Å². The van der Waals surface area contributed by atoms with Gasteiger partial charge in [-0.05, 0) is 73.7 Å². The number of amides is 5. The summed E-state index contributed by atoms with van der Waals surface area (Å²) in [5.41, 5.74) is 5.77. The molecule has 0 saturated heterocycles. The van der Waals surface area contributed by atoms with Gasteiger partial charge in [-0.1, -0.05) is 0 Å². The number of hydrogen-bond acceptors (Lipinski definition) is 13. The fraction of sp³-hybridized carbons (Fsp3) is 0.769. The van der Waals surface area contributed by atoms with Crippen LogP contribution < -0.4 is 32.3 Å². The summed E-state index contributed by atoms with van der Waals surface area (Å²) in [6.45, 7) is 0. The van der Waals surface area contributed by atoms with E-state index in [2.05, 4.69) is 51.8 Å². The number of thiol groups is 2. The number of hydrogen-bond donors (Lipinski definition) is 9. The lowest BCUT2D eigenvalue weighted by Gasteiger charge is -2.27. The Morgan fingerprint density at radius 1 is 0.533 bits per heavy atom. The van der Waals surface area contributed by atoms with Gasteiger partial charge in [0.2, 0.25) is 29.5 Å². The molecule has 0 rings (SSSR count). The molecule has 6 atom stereocenters. The van der Waals surface area contributed by atoms with E-state index >= 15 is 0 Å². The molecule has 0 unspecified atom stereocenters. The van der Waals surface area contributed by atoms with Gasteiger partial charge in [0.15, 0.2) is 0 Å². The predicted molar refractivity (Wildman–Crippen MR) is 195 cm³/mol. The Bertz CT molecular complexity index is 954. The standard InChI is InChI=1S/C26H48N6O7S6/c1-42-9-5-16(28-21(33)15(27)13-40)22(34)29-17(6-10-43-2)23(35)30-18(7-11-44-3)24(36)31-19(8-12-45-4)25(37)32-20(14-41)26(38)39/h15-20,40-41H,5-14,27H2,1-4H3,(H,28,33)(H,29,34)(H,30,35)(H,31,36)(H,32,37)(H,38,39)/t15-,16-,17-,18-,19-,20-/m0/s1. The van der Waals surface area contributed by atoms with Crippen LogP contribution in [0.25, 0.3) is 0 Å². The lowest BCUT2D eigenvalue weighted by molar-refractivity contribution is -0.141. The molecule has 5 amide bonds. The molecule has 0 fully saturated rings. The van der Waals surface area contributed by atoms with Gasteiger partial charge in [-0.25, -0.2) is 4.79 Å². The summed E-state index contributed by atoms with van der Waals surface area (Å²) in [6, 6.07) is -6.16. The zero-order chi connectivity index (χ0) is 34.4. The van der Waals surface area contributed by atoms with Crippen molar-refractivity contribution in [2.45, 2.75) is 61.9 Å². The molecule has 0 spiro atoms. The monoisotopic (exact) mass is 748 g/mol. The number of nitrogens with two attached hydrogens (primary N) is 1. The Hall–Kier alpha value is -1.12. The first-order valence-electron chi connectivity index (χ1n) is 14.1. The summed E-state index contributed by atoms with van der Waals surface area (Å²) in [7, 11) is 0. The van der Waals surface area contributed by atoms with Gasteiger partial charge in [0, 0.05) is 11.5 Å². The Morgan fingerprint density at radius 2 is 0.800 bits per heavy atom. The van der Waals surface area contributed by atoms with E-state index in [0.29, 0.717) is 29.4 Å². The van der Waals surface area contributed by atoms with Gasteiger partial charge < -0.3 is 37.4 Å². The quantitative estimate of drug-likeness (QED) is 0.0552. The summed E-state index contributed by atoms with van der Waals surface area (Å²) >= 11 is 13.9. The molecule has 0 aliphatic carbocycles. The number of thioether (sulfide) groups is 4. The van der Waals surface area contributed by atoms with Gasteiger partial charge in [0.25, 0.3) is 0 Å².